The molecule has 0 saturated carbocycles. The minimum absolute atomic E-state index is 0.0918. The van der Waals surface area contributed by atoms with Gasteiger partial charge in [0.05, 0.1) is 12.7 Å². The standard InChI is InChI=1S/C25H19Cl2N3O6S/c1-13-7-15(26)11-21(24(13)37(33,34)35)29-30-22-19-6-4-3-5-14(19)8-20(23(22)31)25(32)28-17-9-16(27)10-18(12-17)36-2/h3-12,31H,1-2H3,(H,28,32)(H,33,34,35). The maximum atomic E-state index is 13.1. The number of carbonyl (C=O) groups excluding carboxylic acids is 1. The Morgan fingerprint density at radius 1 is 1.00 bits per heavy atom. The van der Waals surface area contributed by atoms with E-state index in [9.17, 15) is 22.9 Å². The molecule has 37 heavy (non-hydrogen) atoms. The Bertz CT molecular complexity index is 1690. The van der Waals surface area contributed by atoms with Gasteiger partial charge < -0.3 is 15.2 Å². The van der Waals surface area contributed by atoms with Crippen LogP contribution in [0.3, 0.4) is 0 Å². The van der Waals surface area contributed by atoms with Crippen molar-refractivity contribution in [3.8, 4) is 11.5 Å². The van der Waals surface area contributed by atoms with Crippen LogP contribution < -0.4 is 10.1 Å². The average Bonchev–Trinajstić information content (AvgIpc) is 2.81. The first kappa shape index (κ1) is 26.4. The summed E-state index contributed by atoms with van der Waals surface area (Å²) in [5.41, 5.74) is 0.0342. The maximum Gasteiger partial charge on any atom is 0.297 e. The van der Waals surface area contributed by atoms with Crippen LogP contribution in [0.2, 0.25) is 10.0 Å². The molecular weight excluding hydrogens is 541 g/mol. The fraction of sp³-hybridized carbons (Fsp3) is 0.0800. The van der Waals surface area contributed by atoms with Crippen molar-refractivity contribution in [3.63, 3.8) is 0 Å². The van der Waals surface area contributed by atoms with Crippen molar-refractivity contribution in [1.82, 2.24) is 0 Å². The van der Waals surface area contributed by atoms with Crippen LogP contribution in [0, 0.1) is 6.92 Å². The lowest BCUT2D eigenvalue weighted by molar-refractivity contribution is 0.102. The predicted molar refractivity (Wildman–Crippen MR) is 142 cm³/mol. The summed E-state index contributed by atoms with van der Waals surface area (Å²) in [7, 11) is -3.21. The van der Waals surface area contributed by atoms with Crippen LogP contribution in [0.5, 0.6) is 11.5 Å². The first-order valence-electron chi connectivity index (χ1n) is 10.6. The van der Waals surface area contributed by atoms with Gasteiger partial charge in [-0.1, -0.05) is 47.5 Å². The summed E-state index contributed by atoms with van der Waals surface area (Å²) < 4.78 is 38.8. The molecule has 0 aliphatic carbocycles. The highest BCUT2D eigenvalue weighted by atomic mass is 35.5. The number of aromatic hydroxyl groups is 1. The van der Waals surface area contributed by atoms with E-state index in [1.54, 1.807) is 36.4 Å². The number of methoxy groups -OCH3 is 1. The van der Waals surface area contributed by atoms with Gasteiger partial charge in [-0.05, 0) is 48.2 Å². The lowest BCUT2D eigenvalue weighted by Crippen LogP contribution is -2.12. The molecule has 0 aliphatic rings. The van der Waals surface area contributed by atoms with Gasteiger partial charge in [-0.2, -0.15) is 8.42 Å². The molecule has 12 heteroatoms. The number of rotatable bonds is 6. The van der Waals surface area contributed by atoms with Gasteiger partial charge in [-0.3, -0.25) is 9.35 Å². The van der Waals surface area contributed by atoms with E-state index in [0.717, 1.165) is 0 Å². The van der Waals surface area contributed by atoms with E-state index in [2.05, 4.69) is 15.5 Å². The van der Waals surface area contributed by atoms with Gasteiger partial charge in [0.25, 0.3) is 16.0 Å². The molecule has 190 valence electrons. The molecule has 0 radical (unpaired) electrons. The molecule has 0 aliphatic heterocycles. The molecule has 4 aromatic carbocycles. The van der Waals surface area contributed by atoms with Crippen LogP contribution in [0.4, 0.5) is 17.1 Å². The number of hydrogen-bond donors (Lipinski definition) is 3. The molecule has 1 amide bonds. The van der Waals surface area contributed by atoms with Crippen molar-refractivity contribution in [2.24, 2.45) is 10.2 Å². The van der Waals surface area contributed by atoms with Crippen LogP contribution in [0.25, 0.3) is 10.8 Å². The third kappa shape index (κ3) is 5.67. The first-order valence-corrected chi connectivity index (χ1v) is 12.8. The second-order valence-corrected chi connectivity index (χ2v) is 10.2. The average molecular weight is 560 g/mol. The summed E-state index contributed by atoms with van der Waals surface area (Å²) in [5, 5.41) is 23.2. The van der Waals surface area contributed by atoms with Crippen molar-refractivity contribution < 1.29 is 27.6 Å². The van der Waals surface area contributed by atoms with Crippen LogP contribution in [-0.2, 0) is 10.1 Å². The summed E-state index contributed by atoms with van der Waals surface area (Å²) >= 11 is 12.1. The fourth-order valence-corrected chi connectivity index (χ4v) is 5.09. The molecule has 0 heterocycles. The van der Waals surface area contributed by atoms with Gasteiger partial charge >= 0.3 is 0 Å². The number of azo groups is 1. The highest BCUT2D eigenvalue weighted by Gasteiger charge is 2.22. The van der Waals surface area contributed by atoms with Crippen molar-refractivity contribution in [3.05, 3.63) is 81.8 Å². The van der Waals surface area contributed by atoms with Crippen molar-refractivity contribution >= 4 is 67.1 Å². The number of halogens is 2. The minimum Gasteiger partial charge on any atom is -0.505 e. The van der Waals surface area contributed by atoms with E-state index in [-0.39, 0.29) is 27.5 Å². The van der Waals surface area contributed by atoms with Gasteiger partial charge in [0.1, 0.15) is 22.0 Å². The lowest BCUT2D eigenvalue weighted by Gasteiger charge is -2.12. The highest BCUT2D eigenvalue weighted by molar-refractivity contribution is 7.86. The molecule has 3 N–H and O–H groups in total. The van der Waals surface area contributed by atoms with E-state index in [1.807, 2.05) is 0 Å². The molecule has 4 aromatic rings. The van der Waals surface area contributed by atoms with Gasteiger partial charge in [0.15, 0.2) is 5.75 Å². The van der Waals surface area contributed by atoms with E-state index >= 15 is 0 Å². The van der Waals surface area contributed by atoms with Crippen LogP contribution >= 0.6 is 23.2 Å². The quantitative estimate of drug-likeness (QED) is 0.170. The van der Waals surface area contributed by atoms with Gasteiger partial charge in [0, 0.05) is 27.2 Å². The van der Waals surface area contributed by atoms with Crippen molar-refractivity contribution in [2.75, 3.05) is 12.4 Å². The van der Waals surface area contributed by atoms with E-state index < -0.39 is 26.7 Å². The zero-order valence-electron chi connectivity index (χ0n) is 19.4. The Morgan fingerprint density at radius 3 is 2.41 bits per heavy atom. The Morgan fingerprint density at radius 2 is 1.70 bits per heavy atom. The number of benzene rings is 4. The monoisotopic (exact) mass is 559 g/mol. The highest BCUT2D eigenvalue weighted by Crippen LogP contribution is 2.41. The Labute approximate surface area is 222 Å². The Hall–Kier alpha value is -3.70. The second kappa shape index (κ2) is 10.3. The molecule has 4 rings (SSSR count). The summed E-state index contributed by atoms with van der Waals surface area (Å²) in [5.74, 6) is -0.742. The van der Waals surface area contributed by atoms with Crippen LogP contribution in [0.15, 0.2) is 75.8 Å². The number of carbonyl (C=O) groups is 1. The minimum atomic E-state index is -4.66. The number of ether oxygens (including phenoxy) is 1. The van der Waals surface area contributed by atoms with Crippen molar-refractivity contribution in [2.45, 2.75) is 11.8 Å². The zero-order chi connectivity index (χ0) is 26.9. The molecule has 0 unspecified atom stereocenters. The molecular formula is C25H19Cl2N3O6S. The fourth-order valence-electron chi connectivity index (χ4n) is 3.77. The number of nitrogens with one attached hydrogen (secondary N) is 1. The zero-order valence-corrected chi connectivity index (χ0v) is 21.7. The molecule has 0 fully saturated rings. The molecule has 0 atom stereocenters. The predicted octanol–water partition coefficient (Wildman–Crippen LogP) is 7.08. The number of nitrogens with zero attached hydrogens (tertiary/aromatic N) is 2. The number of anilines is 1. The summed E-state index contributed by atoms with van der Waals surface area (Å²) in [6, 6.07) is 15.5. The van der Waals surface area contributed by atoms with Crippen molar-refractivity contribution in [1.29, 1.82) is 0 Å². The van der Waals surface area contributed by atoms with Gasteiger partial charge in [-0.15, -0.1) is 10.2 Å². The summed E-state index contributed by atoms with van der Waals surface area (Å²) in [6.45, 7) is 1.44. The molecule has 0 saturated heterocycles. The third-order valence-corrected chi connectivity index (χ3v) is 6.82. The number of amides is 1. The molecule has 9 nitrogen and oxygen atoms in total. The van der Waals surface area contributed by atoms with Crippen LogP contribution in [-0.4, -0.2) is 31.1 Å². The lowest BCUT2D eigenvalue weighted by atomic mass is 10.0. The number of fused-ring (bicyclic) bond motifs is 1. The maximum absolute atomic E-state index is 13.1. The summed E-state index contributed by atoms with van der Waals surface area (Å²) in [4.78, 5) is 12.7. The number of aryl methyl sites for hydroxylation is 1. The smallest absolute Gasteiger partial charge is 0.297 e. The number of phenolic OH excluding ortho intramolecular Hbond substituents is 1. The third-order valence-electron chi connectivity index (χ3n) is 5.34. The molecule has 0 spiro atoms. The first-order chi connectivity index (χ1) is 17.5. The number of phenols is 1. The van der Waals surface area contributed by atoms with Crippen LogP contribution in [0.1, 0.15) is 15.9 Å². The van der Waals surface area contributed by atoms with Gasteiger partial charge in [-0.25, -0.2) is 0 Å². The second-order valence-electron chi connectivity index (χ2n) is 7.92. The van der Waals surface area contributed by atoms with Gasteiger partial charge in [0.2, 0.25) is 0 Å². The molecule has 0 bridgehead atoms. The largest absolute Gasteiger partial charge is 0.505 e. The van der Waals surface area contributed by atoms with E-state index in [1.165, 1.54) is 38.3 Å². The summed E-state index contributed by atoms with van der Waals surface area (Å²) in [6.07, 6.45) is 0. The van der Waals surface area contributed by atoms with E-state index in [4.69, 9.17) is 27.9 Å². The Balaban J connectivity index is 1.84. The SMILES string of the molecule is COc1cc(Cl)cc(NC(=O)c2cc3ccccc3c(N=Nc3cc(Cl)cc(C)c3S(=O)(=O)O)c2O)c1. The number of hydrogen-bond acceptors (Lipinski definition) is 7. The molecule has 0 aromatic heterocycles. The normalized spacial score (nSPS) is 11.7. The van der Waals surface area contributed by atoms with E-state index in [0.29, 0.717) is 27.2 Å². The Kier molecular flexibility index (Phi) is 7.37. The topological polar surface area (TPSA) is 138 Å².